The van der Waals surface area contributed by atoms with Gasteiger partial charge in [0.15, 0.2) is 0 Å². The van der Waals surface area contributed by atoms with E-state index >= 15 is 0 Å². The molecule has 0 aromatic heterocycles. The summed E-state index contributed by atoms with van der Waals surface area (Å²) in [6.07, 6.45) is 0. The lowest BCUT2D eigenvalue weighted by Crippen LogP contribution is -2.20. The van der Waals surface area contributed by atoms with Crippen molar-refractivity contribution in [3.8, 4) is 0 Å². The molecule has 0 aromatic rings. The molecule has 0 bridgehead atoms. The lowest BCUT2D eigenvalue weighted by Gasteiger charge is -2.12. The molecule has 1 fully saturated rings. The van der Waals surface area contributed by atoms with Crippen LogP contribution in [0.3, 0.4) is 0 Å². The standard InChI is InChI=1S/C5H13N.C4H8O2.C2H6/c1-5(2)6(3)4;1-2-6-4-3-5-1;1-2/h5H,1-4H3;1-4H2;1-2H3. The molecule has 3 heteroatoms. The first-order valence-corrected chi connectivity index (χ1v) is 5.46. The third-order valence-corrected chi connectivity index (χ3v) is 1.78. The molecule has 0 amide bonds. The van der Waals surface area contributed by atoms with Gasteiger partial charge in [-0.1, -0.05) is 13.8 Å². The minimum atomic E-state index is 0.685. The highest BCUT2D eigenvalue weighted by molar-refractivity contribution is 4.46. The van der Waals surface area contributed by atoms with Crippen molar-refractivity contribution in [3.63, 3.8) is 0 Å². The summed E-state index contributed by atoms with van der Waals surface area (Å²) in [5.74, 6) is 0. The molecule has 0 saturated carbocycles. The molecule has 0 unspecified atom stereocenters. The summed E-state index contributed by atoms with van der Waals surface area (Å²) in [4.78, 5) is 2.17. The molecule has 1 saturated heterocycles. The molecule has 0 spiro atoms. The van der Waals surface area contributed by atoms with Crippen molar-refractivity contribution in [2.75, 3.05) is 40.5 Å². The first-order valence-electron chi connectivity index (χ1n) is 5.46. The number of rotatable bonds is 1. The van der Waals surface area contributed by atoms with E-state index in [0.717, 1.165) is 26.4 Å². The van der Waals surface area contributed by atoms with E-state index in [1.165, 1.54) is 0 Å². The van der Waals surface area contributed by atoms with Gasteiger partial charge < -0.3 is 14.4 Å². The second-order valence-corrected chi connectivity index (χ2v) is 3.28. The van der Waals surface area contributed by atoms with Crippen molar-refractivity contribution in [1.82, 2.24) is 4.90 Å². The summed E-state index contributed by atoms with van der Waals surface area (Å²) in [6.45, 7) is 11.4. The molecule has 0 atom stereocenters. The predicted octanol–water partition coefficient (Wildman–Crippen LogP) is 2.02. The van der Waals surface area contributed by atoms with E-state index in [1.807, 2.05) is 13.8 Å². The number of hydrogen-bond acceptors (Lipinski definition) is 3. The van der Waals surface area contributed by atoms with Gasteiger partial charge in [0.25, 0.3) is 0 Å². The van der Waals surface area contributed by atoms with Crippen LogP contribution in [0, 0.1) is 0 Å². The Labute approximate surface area is 89.4 Å². The van der Waals surface area contributed by atoms with Crippen molar-refractivity contribution >= 4 is 0 Å². The van der Waals surface area contributed by atoms with Gasteiger partial charge in [0, 0.05) is 6.04 Å². The molecule has 1 aliphatic heterocycles. The summed E-state index contributed by atoms with van der Waals surface area (Å²) < 4.78 is 9.89. The molecule has 0 aromatic carbocycles. The molecule has 88 valence electrons. The van der Waals surface area contributed by atoms with Crippen LogP contribution >= 0.6 is 0 Å². The maximum atomic E-state index is 4.94. The fourth-order valence-corrected chi connectivity index (χ4v) is 0.440. The highest BCUT2D eigenvalue weighted by atomic mass is 16.6. The Morgan fingerprint density at radius 1 is 0.857 bits per heavy atom. The van der Waals surface area contributed by atoms with Crippen LogP contribution in [0.15, 0.2) is 0 Å². The number of hydrogen-bond donors (Lipinski definition) is 0. The summed E-state index contributed by atoms with van der Waals surface area (Å²) in [5, 5.41) is 0. The van der Waals surface area contributed by atoms with E-state index in [0.29, 0.717) is 6.04 Å². The van der Waals surface area contributed by atoms with E-state index in [2.05, 4.69) is 32.8 Å². The van der Waals surface area contributed by atoms with E-state index in [-0.39, 0.29) is 0 Å². The normalized spacial score (nSPS) is 15.4. The minimum absolute atomic E-state index is 0.685. The summed E-state index contributed by atoms with van der Waals surface area (Å²) in [7, 11) is 4.15. The SMILES string of the molecule is C1COCCO1.CC.CC(C)N(C)C. The fraction of sp³-hybridized carbons (Fsp3) is 1.00. The maximum Gasteiger partial charge on any atom is 0.0701 e. The molecule has 0 radical (unpaired) electrons. The highest BCUT2D eigenvalue weighted by Crippen LogP contribution is 1.85. The second kappa shape index (κ2) is 12.9. The summed E-state index contributed by atoms with van der Waals surface area (Å²) in [6, 6.07) is 0.685. The van der Waals surface area contributed by atoms with Gasteiger partial charge in [0.2, 0.25) is 0 Å². The van der Waals surface area contributed by atoms with Gasteiger partial charge in [-0.15, -0.1) is 0 Å². The summed E-state index contributed by atoms with van der Waals surface area (Å²) in [5.41, 5.74) is 0. The van der Waals surface area contributed by atoms with Crippen molar-refractivity contribution in [3.05, 3.63) is 0 Å². The third kappa shape index (κ3) is 14.4. The topological polar surface area (TPSA) is 21.7 Å². The van der Waals surface area contributed by atoms with Crippen molar-refractivity contribution in [2.45, 2.75) is 33.7 Å². The van der Waals surface area contributed by atoms with Crippen LogP contribution in [0.2, 0.25) is 0 Å². The molecule has 1 heterocycles. The van der Waals surface area contributed by atoms with Crippen LogP contribution in [-0.2, 0) is 9.47 Å². The Balaban J connectivity index is 0. The van der Waals surface area contributed by atoms with Crippen molar-refractivity contribution in [2.24, 2.45) is 0 Å². The molecule has 0 N–H and O–H groups in total. The second-order valence-electron chi connectivity index (χ2n) is 3.28. The lowest BCUT2D eigenvalue weighted by atomic mass is 10.4. The Hall–Kier alpha value is -0.120. The van der Waals surface area contributed by atoms with E-state index in [9.17, 15) is 0 Å². The van der Waals surface area contributed by atoms with E-state index < -0.39 is 0 Å². The van der Waals surface area contributed by atoms with Crippen LogP contribution in [0.1, 0.15) is 27.7 Å². The van der Waals surface area contributed by atoms with E-state index in [1.54, 1.807) is 0 Å². The zero-order valence-electron chi connectivity index (χ0n) is 10.7. The van der Waals surface area contributed by atoms with Crippen LogP contribution in [0.5, 0.6) is 0 Å². The molecule has 1 rings (SSSR count). The molecular formula is C11H27NO2. The Kier molecular flexibility index (Phi) is 15.0. The fourth-order valence-electron chi connectivity index (χ4n) is 0.440. The Morgan fingerprint density at radius 3 is 1.14 bits per heavy atom. The van der Waals surface area contributed by atoms with Crippen molar-refractivity contribution in [1.29, 1.82) is 0 Å². The van der Waals surface area contributed by atoms with Gasteiger partial charge in [-0.2, -0.15) is 0 Å². The first-order chi connectivity index (χ1) is 6.64. The van der Waals surface area contributed by atoms with Gasteiger partial charge in [0.05, 0.1) is 26.4 Å². The largest absolute Gasteiger partial charge is 0.377 e. The predicted molar refractivity (Wildman–Crippen MR) is 61.8 cm³/mol. The van der Waals surface area contributed by atoms with E-state index in [4.69, 9.17) is 9.47 Å². The molecule has 1 aliphatic rings. The molecular weight excluding hydrogens is 178 g/mol. The van der Waals surface area contributed by atoms with Gasteiger partial charge in [-0.25, -0.2) is 0 Å². The van der Waals surface area contributed by atoms with Gasteiger partial charge in [-0.05, 0) is 27.9 Å². The van der Waals surface area contributed by atoms with Crippen LogP contribution in [-0.4, -0.2) is 51.5 Å². The monoisotopic (exact) mass is 205 g/mol. The van der Waals surface area contributed by atoms with Gasteiger partial charge in [-0.3, -0.25) is 0 Å². The Bertz CT molecular complexity index is 73.8. The molecule has 3 nitrogen and oxygen atoms in total. The maximum absolute atomic E-state index is 4.94. The zero-order valence-corrected chi connectivity index (χ0v) is 10.7. The lowest BCUT2D eigenvalue weighted by molar-refractivity contribution is -0.0334. The first kappa shape index (κ1) is 16.3. The molecule has 14 heavy (non-hydrogen) atoms. The van der Waals surface area contributed by atoms with Crippen LogP contribution < -0.4 is 0 Å². The average molecular weight is 205 g/mol. The van der Waals surface area contributed by atoms with Gasteiger partial charge >= 0.3 is 0 Å². The van der Waals surface area contributed by atoms with Crippen LogP contribution in [0.4, 0.5) is 0 Å². The smallest absolute Gasteiger partial charge is 0.0701 e. The minimum Gasteiger partial charge on any atom is -0.377 e. The number of nitrogens with zero attached hydrogens (tertiary/aromatic N) is 1. The average Bonchev–Trinajstić information content (AvgIpc) is 2.24. The highest BCUT2D eigenvalue weighted by Gasteiger charge is 1.94. The van der Waals surface area contributed by atoms with Crippen LogP contribution in [0.25, 0.3) is 0 Å². The van der Waals surface area contributed by atoms with Gasteiger partial charge in [0.1, 0.15) is 0 Å². The Morgan fingerprint density at radius 2 is 1.07 bits per heavy atom. The molecule has 0 aliphatic carbocycles. The zero-order chi connectivity index (χ0) is 11.4. The quantitative estimate of drug-likeness (QED) is 0.653. The van der Waals surface area contributed by atoms with Crippen molar-refractivity contribution < 1.29 is 9.47 Å². The summed E-state index contributed by atoms with van der Waals surface area (Å²) >= 11 is 0. The number of ether oxygens (including phenoxy) is 2. The third-order valence-electron chi connectivity index (χ3n) is 1.78.